The zero-order valence-corrected chi connectivity index (χ0v) is 15.9. The third kappa shape index (κ3) is 4.70. The van der Waals surface area contributed by atoms with E-state index in [1.807, 2.05) is 24.3 Å². The molecule has 0 aliphatic carbocycles. The number of piperidine rings is 1. The van der Waals surface area contributed by atoms with Crippen molar-refractivity contribution in [2.75, 3.05) is 18.0 Å². The van der Waals surface area contributed by atoms with Gasteiger partial charge in [0.1, 0.15) is 10.8 Å². The lowest BCUT2D eigenvalue weighted by molar-refractivity contribution is 0.0237. The lowest BCUT2D eigenvalue weighted by Crippen LogP contribution is -2.37. The number of benzene rings is 2. The van der Waals surface area contributed by atoms with Crippen LogP contribution in [0.25, 0.3) is 0 Å². The van der Waals surface area contributed by atoms with E-state index in [1.165, 1.54) is 11.6 Å². The van der Waals surface area contributed by atoms with Gasteiger partial charge in [-0.3, -0.25) is 0 Å². The van der Waals surface area contributed by atoms with Crippen molar-refractivity contribution in [3.05, 3.63) is 76.5 Å². The SMILES string of the molecule is Fc1ccccc1COC1CCN(c2nnc(Cc3ccccc3)s2)CC1. The Balaban J connectivity index is 1.27. The summed E-state index contributed by atoms with van der Waals surface area (Å²) in [5.74, 6) is -0.199. The van der Waals surface area contributed by atoms with Crippen LogP contribution in [-0.4, -0.2) is 29.4 Å². The zero-order chi connectivity index (χ0) is 18.5. The standard InChI is InChI=1S/C21H22FN3OS/c22-19-9-5-4-8-17(19)15-26-18-10-12-25(13-11-18)21-24-23-20(27-21)14-16-6-2-1-3-7-16/h1-9,18H,10-15H2. The van der Waals surface area contributed by atoms with E-state index >= 15 is 0 Å². The molecule has 0 amide bonds. The second-order valence-electron chi connectivity index (χ2n) is 6.73. The van der Waals surface area contributed by atoms with Gasteiger partial charge in [-0.05, 0) is 24.5 Å². The lowest BCUT2D eigenvalue weighted by atomic mass is 10.1. The molecule has 0 atom stereocenters. The molecule has 0 unspecified atom stereocenters. The molecular weight excluding hydrogens is 361 g/mol. The van der Waals surface area contributed by atoms with Crippen molar-refractivity contribution in [3.63, 3.8) is 0 Å². The van der Waals surface area contributed by atoms with Crippen LogP contribution in [0.3, 0.4) is 0 Å². The van der Waals surface area contributed by atoms with Crippen molar-refractivity contribution in [1.82, 2.24) is 10.2 Å². The summed E-state index contributed by atoms with van der Waals surface area (Å²) in [6.45, 7) is 2.11. The first kappa shape index (κ1) is 18.1. The van der Waals surface area contributed by atoms with Crippen molar-refractivity contribution >= 4 is 16.5 Å². The molecule has 1 aromatic heterocycles. The first-order valence-electron chi connectivity index (χ1n) is 9.24. The Morgan fingerprint density at radius 1 is 1.00 bits per heavy atom. The minimum atomic E-state index is -0.199. The second kappa shape index (κ2) is 8.59. The van der Waals surface area contributed by atoms with Crippen LogP contribution in [0.5, 0.6) is 0 Å². The summed E-state index contributed by atoms with van der Waals surface area (Å²) in [4.78, 5) is 2.27. The minimum Gasteiger partial charge on any atom is -0.373 e. The van der Waals surface area contributed by atoms with Gasteiger partial charge in [-0.15, -0.1) is 10.2 Å². The molecule has 1 saturated heterocycles. The zero-order valence-electron chi connectivity index (χ0n) is 15.1. The van der Waals surface area contributed by atoms with Gasteiger partial charge in [-0.2, -0.15) is 0 Å². The molecule has 1 aliphatic heterocycles. The predicted octanol–water partition coefficient (Wildman–Crippen LogP) is 4.45. The number of aromatic nitrogens is 2. The quantitative estimate of drug-likeness (QED) is 0.630. The molecule has 27 heavy (non-hydrogen) atoms. The predicted molar refractivity (Wildman–Crippen MR) is 106 cm³/mol. The summed E-state index contributed by atoms with van der Waals surface area (Å²) in [7, 11) is 0. The average molecular weight is 383 g/mol. The van der Waals surface area contributed by atoms with Gasteiger partial charge in [0.05, 0.1) is 12.7 Å². The average Bonchev–Trinajstić information content (AvgIpc) is 3.17. The first-order valence-corrected chi connectivity index (χ1v) is 10.1. The summed E-state index contributed by atoms with van der Waals surface area (Å²) < 4.78 is 19.6. The Morgan fingerprint density at radius 3 is 2.52 bits per heavy atom. The topological polar surface area (TPSA) is 38.2 Å². The van der Waals surface area contributed by atoms with Crippen LogP contribution in [0.15, 0.2) is 54.6 Å². The highest BCUT2D eigenvalue weighted by Gasteiger charge is 2.22. The van der Waals surface area contributed by atoms with Crippen molar-refractivity contribution in [2.24, 2.45) is 0 Å². The minimum absolute atomic E-state index is 0.164. The van der Waals surface area contributed by atoms with Crippen LogP contribution in [0, 0.1) is 5.82 Å². The molecule has 3 aromatic rings. The molecule has 4 rings (SSSR count). The lowest BCUT2D eigenvalue weighted by Gasteiger charge is -2.31. The smallest absolute Gasteiger partial charge is 0.208 e. The Labute approximate surface area is 162 Å². The van der Waals surface area contributed by atoms with E-state index < -0.39 is 0 Å². The van der Waals surface area contributed by atoms with Gasteiger partial charge in [0.15, 0.2) is 0 Å². The number of ether oxygens (including phenoxy) is 1. The Kier molecular flexibility index (Phi) is 5.75. The highest BCUT2D eigenvalue weighted by atomic mass is 32.1. The number of halogens is 1. The van der Waals surface area contributed by atoms with Crippen molar-refractivity contribution in [2.45, 2.75) is 32.0 Å². The molecular formula is C21H22FN3OS. The van der Waals surface area contributed by atoms with Crippen molar-refractivity contribution < 1.29 is 9.13 Å². The van der Waals surface area contributed by atoms with Gasteiger partial charge in [0.2, 0.25) is 5.13 Å². The molecule has 0 saturated carbocycles. The van der Waals surface area contributed by atoms with Gasteiger partial charge < -0.3 is 9.64 Å². The largest absolute Gasteiger partial charge is 0.373 e. The molecule has 0 radical (unpaired) electrons. The number of rotatable bonds is 6. The van der Waals surface area contributed by atoms with Gasteiger partial charge in [-0.1, -0.05) is 59.9 Å². The van der Waals surface area contributed by atoms with Gasteiger partial charge in [0.25, 0.3) is 0 Å². The van der Waals surface area contributed by atoms with Crippen molar-refractivity contribution in [1.29, 1.82) is 0 Å². The van der Waals surface area contributed by atoms with E-state index in [2.05, 4.69) is 27.2 Å². The van der Waals surface area contributed by atoms with E-state index in [4.69, 9.17) is 4.74 Å². The fourth-order valence-electron chi connectivity index (χ4n) is 3.25. The second-order valence-corrected chi connectivity index (χ2v) is 7.77. The summed E-state index contributed by atoms with van der Waals surface area (Å²) in [5, 5.41) is 10.7. The number of hydrogen-bond acceptors (Lipinski definition) is 5. The maximum absolute atomic E-state index is 13.7. The third-order valence-corrected chi connectivity index (χ3v) is 5.78. The molecule has 1 fully saturated rings. The maximum Gasteiger partial charge on any atom is 0.208 e. The van der Waals surface area contributed by atoms with Gasteiger partial charge >= 0.3 is 0 Å². The summed E-state index contributed by atoms with van der Waals surface area (Å²) in [5.41, 5.74) is 1.87. The molecule has 4 nitrogen and oxygen atoms in total. The summed E-state index contributed by atoms with van der Waals surface area (Å²) in [6, 6.07) is 17.1. The van der Waals surface area contributed by atoms with E-state index in [-0.39, 0.29) is 11.9 Å². The third-order valence-electron chi connectivity index (χ3n) is 4.80. The normalized spacial score (nSPS) is 15.2. The van der Waals surface area contributed by atoms with Crippen LogP contribution in [0.2, 0.25) is 0 Å². The first-order chi connectivity index (χ1) is 13.3. The number of nitrogens with zero attached hydrogens (tertiary/aromatic N) is 3. The molecule has 0 spiro atoms. The van der Waals surface area contributed by atoms with E-state index in [0.717, 1.165) is 42.5 Å². The fourth-order valence-corrected chi connectivity index (χ4v) is 4.18. The molecule has 0 bridgehead atoms. The molecule has 2 aromatic carbocycles. The molecule has 2 heterocycles. The highest BCUT2D eigenvalue weighted by Crippen LogP contribution is 2.26. The van der Waals surface area contributed by atoms with Gasteiger partial charge in [0, 0.05) is 25.1 Å². The van der Waals surface area contributed by atoms with Crippen LogP contribution >= 0.6 is 11.3 Å². The van der Waals surface area contributed by atoms with Crippen LogP contribution in [0.4, 0.5) is 9.52 Å². The summed E-state index contributed by atoms with van der Waals surface area (Å²) >= 11 is 1.66. The monoisotopic (exact) mass is 383 g/mol. The van der Waals surface area contributed by atoms with Crippen molar-refractivity contribution in [3.8, 4) is 0 Å². The maximum atomic E-state index is 13.7. The Morgan fingerprint density at radius 2 is 1.74 bits per heavy atom. The van der Waals surface area contributed by atoms with Crippen LogP contribution in [0.1, 0.15) is 29.0 Å². The van der Waals surface area contributed by atoms with E-state index in [1.54, 1.807) is 23.5 Å². The fraction of sp³-hybridized carbons (Fsp3) is 0.333. The van der Waals surface area contributed by atoms with Gasteiger partial charge in [-0.25, -0.2) is 4.39 Å². The molecule has 0 N–H and O–H groups in total. The highest BCUT2D eigenvalue weighted by molar-refractivity contribution is 7.15. The Bertz CT molecular complexity index is 863. The molecule has 1 aliphatic rings. The number of hydrogen-bond donors (Lipinski definition) is 0. The number of anilines is 1. The van der Waals surface area contributed by atoms with E-state index in [9.17, 15) is 4.39 Å². The summed E-state index contributed by atoms with van der Waals surface area (Å²) in [6.07, 6.45) is 2.82. The van der Waals surface area contributed by atoms with Crippen LogP contribution in [-0.2, 0) is 17.8 Å². The Hall–Kier alpha value is -2.31. The molecule has 140 valence electrons. The van der Waals surface area contributed by atoms with Crippen LogP contribution < -0.4 is 4.90 Å². The molecule has 6 heteroatoms. The van der Waals surface area contributed by atoms with E-state index in [0.29, 0.717) is 12.2 Å².